The number of carbonyl (C=O) groups is 1. The number of pyridine rings is 2. The smallest absolute Gasteiger partial charge is 0.263 e. The van der Waals surface area contributed by atoms with Crippen LogP contribution in [-0.2, 0) is 9.53 Å². The van der Waals surface area contributed by atoms with Gasteiger partial charge in [-0.05, 0) is 30.3 Å². The number of fused-ring (bicyclic) bond motifs is 5. The zero-order valence-electron chi connectivity index (χ0n) is 18.6. The first kappa shape index (κ1) is 20.8. The maximum absolute atomic E-state index is 13.3. The molecule has 1 amide bonds. The van der Waals surface area contributed by atoms with Gasteiger partial charge in [-0.3, -0.25) is 23.9 Å². The molecule has 0 radical (unpaired) electrons. The molecule has 0 saturated carbocycles. The molecule has 1 N–H and O–H groups in total. The van der Waals surface area contributed by atoms with Gasteiger partial charge in [0.15, 0.2) is 6.61 Å². The molecule has 0 unspecified atom stereocenters. The second-order valence-electron chi connectivity index (χ2n) is 8.51. The van der Waals surface area contributed by atoms with Crippen molar-refractivity contribution in [1.29, 1.82) is 0 Å². The lowest BCUT2D eigenvalue weighted by atomic mass is 10.1. The molecule has 34 heavy (non-hydrogen) atoms. The summed E-state index contributed by atoms with van der Waals surface area (Å²) in [7, 11) is 0. The Morgan fingerprint density at radius 2 is 1.85 bits per heavy atom. The number of rotatable bonds is 6. The molecule has 0 atom stereocenters. The minimum atomic E-state index is -0.161. The SMILES string of the molecule is O=C(COc1ccc2c(c1)c1ccnc3c4ccccc4c(=O)n2c13)NCCN1CCOCC1. The van der Waals surface area contributed by atoms with Gasteiger partial charge in [-0.2, -0.15) is 0 Å². The molecule has 6 rings (SSSR count). The first-order valence-electron chi connectivity index (χ1n) is 11.5. The Balaban J connectivity index is 1.26. The number of amides is 1. The number of morpholine rings is 1. The highest BCUT2D eigenvalue weighted by Crippen LogP contribution is 2.34. The molecule has 0 spiro atoms. The van der Waals surface area contributed by atoms with Crippen LogP contribution in [0, 0.1) is 0 Å². The fourth-order valence-electron chi connectivity index (χ4n) is 4.82. The maximum Gasteiger partial charge on any atom is 0.263 e. The van der Waals surface area contributed by atoms with Crippen LogP contribution >= 0.6 is 0 Å². The van der Waals surface area contributed by atoms with Crippen LogP contribution in [0.3, 0.4) is 0 Å². The van der Waals surface area contributed by atoms with Gasteiger partial charge in [0.2, 0.25) is 0 Å². The lowest BCUT2D eigenvalue weighted by molar-refractivity contribution is -0.123. The van der Waals surface area contributed by atoms with Crippen molar-refractivity contribution in [3.05, 3.63) is 65.1 Å². The zero-order valence-corrected chi connectivity index (χ0v) is 18.6. The average molecular weight is 457 g/mol. The summed E-state index contributed by atoms with van der Waals surface area (Å²) >= 11 is 0. The molecular formula is C26H24N4O4. The van der Waals surface area contributed by atoms with E-state index >= 15 is 0 Å². The normalized spacial score (nSPS) is 14.9. The van der Waals surface area contributed by atoms with Crippen molar-refractivity contribution >= 4 is 44.0 Å². The fraction of sp³-hybridized carbons (Fsp3) is 0.269. The molecule has 1 aliphatic rings. The largest absolute Gasteiger partial charge is 0.484 e. The minimum Gasteiger partial charge on any atom is -0.484 e. The molecule has 1 aliphatic heterocycles. The molecule has 172 valence electrons. The van der Waals surface area contributed by atoms with Crippen molar-refractivity contribution in [2.75, 3.05) is 46.0 Å². The third-order valence-electron chi connectivity index (χ3n) is 6.49. The molecule has 8 heteroatoms. The second-order valence-corrected chi connectivity index (χ2v) is 8.51. The van der Waals surface area contributed by atoms with Gasteiger partial charge < -0.3 is 14.8 Å². The predicted molar refractivity (Wildman–Crippen MR) is 131 cm³/mol. The van der Waals surface area contributed by atoms with E-state index in [2.05, 4.69) is 15.2 Å². The average Bonchev–Trinajstić information content (AvgIpc) is 3.21. The minimum absolute atomic E-state index is 0.0650. The predicted octanol–water partition coefficient (Wildman–Crippen LogP) is 2.42. The first-order chi connectivity index (χ1) is 16.7. The summed E-state index contributed by atoms with van der Waals surface area (Å²) in [6, 6.07) is 15.0. The van der Waals surface area contributed by atoms with Crippen LogP contribution in [-0.4, -0.2) is 66.2 Å². The van der Waals surface area contributed by atoms with Gasteiger partial charge in [-0.1, -0.05) is 18.2 Å². The zero-order chi connectivity index (χ0) is 23.1. The summed E-state index contributed by atoms with van der Waals surface area (Å²) in [5.41, 5.74) is 2.33. The molecule has 1 fully saturated rings. The molecule has 1 saturated heterocycles. The first-order valence-corrected chi connectivity index (χ1v) is 11.5. The number of carbonyl (C=O) groups excluding carboxylic acids is 1. The van der Waals surface area contributed by atoms with E-state index < -0.39 is 0 Å². The van der Waals surface area contributed by atoms with Gasteiger partial charge in [0.05, 0.1) is 29.8 Å². The number of aromatic nitrogens is 2. The molecule has 2 aromatic carbocycles. The summed E-state index contributed by atoms with van der Waals surface area (Å²) in [4.78, 5) is 32.4. The maximum atomic E-state index is 13.3. The summed E-state index contributed by atoms with van der Waals surface area (Å²) in [5, 5.41) is 6.22. The standard InChI is InChI=1S/C26H24N4O4/c31-23(27-9-10-29-11-13-33-14-12-29)16-34-17-5-6-22-21(15-17)19-7-8-28-24-18-3-1-2-4-20(18)26(32)30(22)25(19)24/h1-8,15H,9-14,16H2,(H,27,31). The van der Waals surface area contributed by atoms with E-state index in [-0.39, 0.29) is 18.1 Å². The van der Waals surface area contributed by atoms with Crippen LogP contribution < -0.4 is 15.6 Å². The lowest BCUT2D eigenvalue weighted by Gasteiger charge is -2.26. The van der Waals surface area contributed by atoms with Crippen molar-refractivity contribution in [2.45, 2.75) is 0 Å². The van der Waals surface area contributed by atoms with Crippen molar-refractivity contribution in [2.24, 2.45) is 0 Å². The van der Waals surface area contributed by atoms with E-state index in [9.17, 15) is 9.59 Å². The third kappa shape index (κ3) is 3.52. The highest BCUT2D eigenvalue weighted by molar-refractivity contribution is 6.18. The van der Waals surface area contributed by atoms with Crippen molar-refractivity contribution in [3.8, 4) is 5.75 Å². The van der Waals surface area contributed by atoms with Crippen molar-refractivity contribution in [3.63, 3.8) is 0 Å². The Bertz CT molecular complexity index is 1570. The third-order valence-corrected chi connectivity index (χ3v) is 6.49. The highest BCUT2D eigenvalue weighted by Gasteiger charge is 2.18. The van der Waals surface area contributed by atoms with Gasteiger partial charge in [0.1, 0.15) is 5.75 Å². The van der Waals surface area contributed by atoms with E-state index in [4.69, 9.17) is 9.47 Å². The van der Waals surface area contributed by atoms with Crippen LogP contribution in [0.5, 0.6) is 5.75 Å². The molecular weight excluding hydrogens is 432 g/mol. The Morgan fingerprint density at radius 3 is 2.71 bits per heavy atom. The van der Waals surface area contributed by atoms with E-state index in [1.54, 1.807) is 16.7 Å². The van der Waals surface area contributed by atoms with Crippen LogP contribution in [0.2, 0.25) is 0 Å². The molecule has 8 nitrogen and oxygen atoms in total. The monoisotopic (exact) mass is 456 g/mol. The van der Waals surface area contributed by atoms with Crippen molar-refractivity contribution < 1.29 is 14.3 Å². The topological polar surface area (TPSA) is 85.2 Å². The molecule has 4 heterocycles. The van der Waals surface area contributed by atoms with E-state index in [1.807, 2.05) is 42.5 Å². The van der Waals surface area contributed by atoms with Crippen molar-refractivity contribution in [1.82, 2.24) is 19.6 Å². The number of hydrogen-bond donors (Lipinski definition) is 1. The summed E-state index contributed by atoms with van der Waals surface area (Å²) in [6.07, 6.45) is 1.77. The van der Waals surface area contributed by atoms with Crippen LogP contribution in [0.15, 0.2) is 59.5 Å². The van der Waals surface area contributed by atoms with Gasteiger partial charge in [-0.15, -0.1) is 0 Å². The van der Waals surface area contributed by atoms with Gasteiger partial charge in [-0.25, -0.2) is 0 Å². The second kappa shape index (κ2) is 8.55. The van der Waals surface area contributed by atoms with Crippen LogP contribution in [0.4, 0.5) is 0 Å². The number of nitrogens with one attached hydrogen (secondary N) is 1. The molecule has 0 aliphatic carbocycles. The Labute approximate surface area is 195 Å². The van der Waals surface area contributed by atoms with E-state index in [0.717, 1.165) is 65.6 Å². The lowest BCUT2D eigenvalue weighted by Crippen LogP contribution is -2.42. The van der Waals surface area contributed by atoms with Gasteiger partial charge in [0, 0.05) is 53.9 Å². The summed E-state index contributed by atoms with van der Waals surface area (Å²) in [6.45, 7) is 4.58. The van der Waals surface area contributed by atoms with Gasteiger partial charge in [0.25, 0.3) is 11.5 Å². The fourth-order valence-corrected chi connectivity index (χ4v) is 4.82. The summed E-state index contributed by atoms with van der Waals surface area (Å²) in [5.74, 6) is 0.420. The number of benzene rings is 2. The van der Waals surface area contributed by atoms with Gasteiger partial charge >= 0.3 is 0 Å². The Hall–Kier alpha value is -3.75. The Morgan fingerprint density at radius 1 is 1.03 bits per heavy atom. The molecule has 3 aromatic heterocycles. The molecule has 5 aromatic rings. The molecule has 0 bridgehead atoms. The number of nitrogens with zero attached hydrogens (tertiary/aromatic N) is 3. The van der Waals surface area contributed by atoms with Crippen LogP contribution in [0.25, 0.3) is 38.1 Å². The number of hydrogen-bond acceptors (Lipinski definition) is 6. The quantitative estimate of drug-likeness (QED) is 0.395. The Kier molecular flexibility index (Phi) is 5.24. The van der Waals surface area contributed by atoms with Crippen LogP contribution in [0.1, 0.15) is 0 Å². The summed E-state index contributed by atoms with van der Waals surface area (Å²) < 4.78 is 12.9. The van der Waals surface area contributed by atoms with E-state index in [1.165, 1.54) is 0 Å². The number of ether oxygens (including phenoxy) is 2. The highest BCUT2D eigenvalue weighted by atomic mass is 16.5. The van der Waals surface area contributed by atoms with E-state index in [0.29, 0.717) is 17.7 Å².